The predicted octanol–water partition coefficient (Wildman–Crippen LogP) is 1.76. The van der Waals surface area contributed by atoms with E-state index in [0.29, 0.717) is 19.0 Å². The van der Waals surface area contributed by atoms with Gasteiger partial charge in [0.15, 0.2) is 0 Å². The Morgan fingerprint density at radius 3 is 2.61 bits per heavy atom. The fourth-order valence-electron chi connectivity index (χ4n) is 3.29. The van der Waals surface area contributed by atoms with Gasteiger partial charge in [-0.2, -0.15) is 0 Å². The van der Waals surface area contributed by atoms with Crippen LogP contribution in [0.3, 0.4) is 0 Å². The van der Waals surface area contributed by atoms with Gasteiger partial charge < -0.3 is 24.8 Å². The van der Waals surface area contributed by atoms with Gasteiger partial charge in [-0.1, -0.05) is 0 Å². The van der Waals surface area contributed by atoms with Gasteiger partial charge in [-0.05, 0) is 58.9 Å². The molecule has 6 nitrogen and oxygen atoms in total. The predicted molar refractivity (Wildman–Crippen MR) is 88.4 cm³/mol. The van der Waals surface area contributed by atoms with Crippen molar-refractivity contribution in [2.75, 3.05) is 26.7 Å². The number of rotatable bonds is 5. The first-order valence-electron chi connectivity index (χ1n) is 8.70. The number of amides is 1. The summed E-state index contributed by atoms with van der Waals surface area (Å²) >= 11 is 0. The number of nitrogens with zero attached hydrogens (tertiary/aromatic N) is 1. The van der Waals surface area contributed by atoms with Crippen molar-refractivity contribution in [2.24, 2.45) is 5.92 Å². The number of methoxy groups -OCH3 is 1. The number of aliphatic hydroxyl groups is 1. The number of aliphatic hydroxyl groups excluding tert-OH is 1. The van der Waals surface area contributed by atoms with Crippen molar-refractivity contribution >= 4 is 6.09 Å². The second-order valence-corrected chi connectivity index (χ2v) is 7.83. The number of carbonyl (C=O) groups is 1. The summed E-state index contributed by atoms with van der Waals surface area (Å²) in [7, 11) is 1.69. The van der Waals surface area contributed by atoms with E-state index in [2.05, 4.69) is 5.32 Å². The Hall–Kier alpha value is -0.850. The summed E-state index contributed by atoms with van der Waals surface area (Å²) in [5, 5.41) is 12.9. The third-order valence-corrected chi connectivity index (χ3v) is 4.68. The molecule has 2 aliphatic rings. The van der Waals surface area contributed by atoms with Crippen molar-refractivity contribution in [3.8, 4) is 0 Å². The van der Waals surface area contributed by atoms with Gasteiger partial charge in [-0.15, -0.1) is 0 Å². The smallest absolute Gasteiger partial charge is 0.410 e. The zero-order chi connectivity index (χ0) is 17.0. The van der Waals surface area contributed by atoms with Crippen LogP contribution in [-0.4, -0.2) is 66.7 Å². The number of hydrogen-bond donors (Lipinski definition) is 2. The first-order chi connectivity index (χ1) is 10.8. The van der Waals surface area contributed by atoms with Crippen LogP contribution in [-0.2, 0) is 9.47 Å². The Bertz CT molecular complexity index is 391. The fourth-order valence-corrected chi connectivity index (χ4v) is 3.29. The van der Waals surface area contributed by atoms with E-state index in [1.807, 2.05) is 20.8 Å². The van der Waals surface area contributed by atoms with Crippen LogP contribution in [0.4, 0.5) is 4.79 Å². The largest absolute Gasteiger partial charge is 0.444 e. The van der Waals surface area contributed by atoms with E-state index in [0.717, 1.165) is 32.2 Å². The lowest BCUT2D eigenvalue weighted by atomic mass is 9.80. The average Bonchev–Trinajstić information content (AvgIpc) is 2.43. The van der Waals surface area contributed by atoms with E-state index in [1.54, 1.807) is 12.0 Å². The van der Waals surface area contributed by atoms with E-state index >= 15 is 0 Å². The van der Waals surface area contributed by atoms with Crippen LogP contribution < -0.4 is 5.32 Å². The molecule has 6 heteroatoms. The molecule has 1 aliphatic heterocycles. The highest BCUT2D eigenvalue weighted by Gasteiger charge is 2.34. The van der Waals surface area contributed by atoms with Gasteiger partial charge in [-0.3, -0.25) is 0 Å². The molecule has 2 unspecified atom stereocenters. The van der Waals surface area contributed by atoms with Crippen LogP contribution in [0.2, 0.25) is 0 Å². The quantitative estimate of drug-likeness (QED) is 0.805. The molecular formula is C17H32N2O4. The molecule has 1 heterocycles. The summed E-state index contributed by atoms with van der Waals surface area (Å²) in [6, 6.07) is 0.267. The minimum atomic E-state index is -0.470. The van der Waals surface area contributed by atoms with Crippen molar-refractivity contribution in [1.29, 1.82) is 0 Å². The molecule has 0 spiro atoms. The summed E-state index contributed by atoms with van der Waals surface area (Å²) in [6.45, 7) is 7.83. The van der Waals surface area contributed by atoms with Crippen molar-refractivity contribution in [3.05, 3.63) is 0 Å². The lowest BCUT2D eigenvalue weighted by molar-refractivity contribution is -0.0189. The average molecular weight is 328 g/mol. The molecule has 1 aliphatic carbocycles. The van der Waals surface area contributed by atoms with Gasteiger partial charge in [0.2, 0.25) is 0 Å². The summed E-state index contributed by atoms with van der Waals surface area (Å²) < 4.78 is 11.0. The normalized spacial score (nSPS) is 31.6. The molecule has 0 bridgehead atoms. The Kier molecular flexibility index (Phi) is 6.28. The molecule has 2 rings (SSSR count). The van der Waals surface area contributed by atoms with E-state index in [9.17, 15) is 9.90 Å². The van der Waals surface area contributed by atoms with Gasteiger partial charge in [0, 0.05) is 19.7 Å². The minimum absolute atomic E-state index is 0.0109. The lowest BCUT2D eigenvalue weighted by Crippen LogP contribution is -2.55. The number of ether oxygens (including phenoxy) is 2. The van der Waals surface area contributed by atoms with Gasteiger partial charge >= 0.3 is 6.09 Å². The maximum Gasteiger partial charge on any atom is 0.410 e. The molecule has 2 atom stereocenters. The van der Waals surface area contributed by atoms with Crippen molar-refractivity contribution in [2.45, 2.75) is 70.3 Å². The second kappa shape index (κ2) is 7.81. The molecule has 2 N–H and O–H groups in total. The molecule has 0 aromatic heterocycles. The fraction of sp³-hybridized carbons (Fsp3) is 0.941. The van der Waals surface area contributed by atoms with Crippen LogP contribution >= 0.6 is 0 Å². The molecule has 134 valence electrons. The highest BCUT2D eigenvalue weighted by molar-refractivity contribution is 5.68. The third kappa shape index (κ3) is 5.62. The van der Waals surface area contributed by atoms with E-state index in [-0.39, 0.29) is 24.3 Å². The Labute approximate surface area is 139 Å². The van der Waals surface area contributed by atoms with Crippen LogP contribution in [0.15, 0.2) is 0 Å². The van der Waals surface area contributed by atoms with E-state index < -0.39 is 5.60 Å². The zero-order valence-electron chi connectivity index (χ0n) is 14.9. The monoisotopic (exact) mass is 328 g/mol. The van der Waals surface area contributed by atoms with Crippen LogP contribution in [0, 0.1) is 5.92 Å². The van der Waals surface area contributed by atoms with E-state index in [4.69, 9.17) is 9.47 Å². The van der Waals surface area contributed by atoms with Crippen LogP contribution in [0.25, 0.3) is 0 Å². The summed E-state index contributed by atoms with van der Waals surface area (Å²) in [4.78, 5) is 13.9. The lowest BCUT2D eigenvalue weighted by Gasteiger charge is -2.39. The summed E-state index contributed by atoms with van der Waals surface area (Å²) in [6.07, 6.45) is 3.48. The van der Waals surface area contributed by atoms with Gasteiger partial charge in [0.1, 0.15) is 5.60 Å². The standard InChI is InChI=1S/C17H32N2O4/c1-17(2,3)23-16(21)19-8-6-14(15(11-19)22-4)18-7-5-12-9-13(20)10-12/h12-15,18,20H,5-11H2,1-4H3. The molecule has 2 fully saturated rings. The summed E-state index contributed by atoms with van der Waals surface area (Å²) in [5.74, 6) is 0.653. The Morgan fingerprint density at radius 1 is 1.35 bits per heavy atom. The van der Waals surface area contributed by atoms with Crippen molar-refractivity contribution in [3.63, 3.8) is 0 Å². The molecular weight excluding hydrogens is 296 g/mol. The maximum atomic E-state index is 12.2. The van der Waals surface area contributed by atoms with Crippen molar-refractivity contribution in [1.82, 2.24) is 10.2 Å². The number of likely N-dealkylation sites (tertiary alicyclic amines) is 1. The van der Waals surface area contributed by atoms with Crippen molar-refractivity contribution < 1.29 is 19.4 Å². The first-order valence-corrected chi connectivity index (χ1v) is 8.70. The van der Waals surface area contributed by atoms with Crippen LogP contribution in [0.5, 0.6) is 0 Å². The van der Waals surface area contributed by atoms with Gasteiger partial charge in [0.25, 0.3) is 0 Å². The Balaban J connectivity index is 1.73. The topological polar surface area (TPSA) is 71.0 Å². The molecule has 1 saturated carbocycles. The zero-order valence-corrected chi connectivity index (χ0v) is 14.9. The molecule has 0 aromatic rings. The second-order valence-electron chi connectivity index (χ2n) is 7.83. The SMILES string of the molecule is COC1CN(C(=O)OC(C)(C)C)CCC1NCCC1CC(O)C1. The first kappa shape index (κ1) is 18.5. The van der Waals surface area contributed by atoms with Crippen LogP contribution in [0.1, 0.15) is 46.5 Å². The molecule has 1 saturated heterocycles. The Morgan fingerprint density at radius 2 is 2.04 bits per heavy atom. The maximum absolute atomic E-state index is 12.2. The number of hydrogen-bond acceptors (Lipinski definition) is 5. The molecule has 23 heavy (non-hydrogen) atoms. The number of carbonyl (C=O) groups excluding carboxylic acids is 1. The number of nitrogens with one attached hydrogen (secondary N) is 1. The van der Waals surface area contributed by atoms with Gasteiger partial charge in [0.05, 0.1) is 18.8 Å². The molecule has 0 aromatic carbocycles. The molecule has 0 radical (unpaired) electrons. The van der Waals surface area contributed by atoms with E-state index in [1.165, 1.54) is 0 Å². The highest BCUT2D eigenvalue weighted by Crippen LogP contribution is 2.29. The summed E-state index contributed by atoms with van der Waals surface area (Å²) in [5.41, 5.74) is -0.470. The highest BCUT2D eigenvalue weighted by atomic mass is 16.6. The molecule has 1 amide bonds. The number of piperidine rings is 1. The third-order valence-electron chi connectivity index (χ3n) is 4.68. The minimum Gasteiger partial charge on any atom is -0.444 e. The van der Waals surface area contributed by atoms with Gasteiger partial charge in [-0.25, -0.2) is 4.79 Å².